The Kier molecular flexibility index (Phi) is 2.45. The Morgan fingerprint density at radius 1 is 1.36 bits per heavy atom. The van der Waals surface area contributed by atoms with Gasteiger partial charge in [0.25, 0.3) is 0 Å². The largest absolute Gasteiger partial charge is 0.234 e. The van der Waals surface area contributed by atoms with E-state index in [0.717, 1.165) is 12.0 Å². The van der Waals surface area contributed by atoms with Gasteiger partial charge in [-0.1, -0.05) is 18.5 Å². The second-order valence-corrected chi connectivity index (χ2v) is 3.23. The van der Waals surface area contributed by atoms with Crippen LogP contribution in [0.15, 0.2) is 24.7 Å². The Bertz CT molecular complexity index is 424. The highest BCUT2D eigenvalue weighted by Crippen LogP contribution is 2.17. The van der Waals surface area contributed by atoms with Crippen LogP contribution in [0.5, 0.6) is 0 Å². The third-order valence-electron chi connectivity index (χ3n) is 1.89. The van der Waals surface area contributed by atoms with Gasteiger partial charge in [-0.15, -0.1) is 4.80 Å². The molecule has 2 heterocycles. The standard InChI is InChI=1S/C9H9ClN4/c1-2-7-5-8(10)9(11-6-7)14-12-3-4-13-14/h3-6H,2H2,1H3. The Morgan fingerprint density at radius 2 is 2.07 bits per heavy atom. The highest BCUT2D eigenvalue weighted by molar-refractivity contribution is 6.32. The van der Waals surface area contributed by atoms with Crippen molar-refractivity contribution in [2.75, 3.05) is 0 Å². The average molecular weight is 209 g/mol. The van der Waals surface area contributed by atoms with E-state index in [-0.39, 0.29) is 0 Å². The van der Waals surface area contributed by atoms with Crippen LogP contribution in [0, 0.1) is 0 Å². The van der Waals surface area contributed by atoms with Gasteiger partial charge in [-0.2, -0.15) is 10.2 Å². The van der Waals surface area contributed by atoms with Crippen LogP contribution in [0.2, 0.25) is 5.02 Å². The molecule has 0 unspecified atom stereocenters. The number of aromatic nitrogens is 4. The summed E-state index contributed by atoms with van der Waals surface area (Å²) in [4.78, 5) is 5.60. The predicted octanol–water partition coefficient (Wildman–Crippen LogP) is 1.88. The van der Waals surface area contributed by atoms with Crippen molar-refractivity contribution in [3.05, 3.63) is 35.2 Å². The number of nitrogens with zero attached hydrogens (tertiary/aromatic N) is 4. The molecule has 14 heavy (non-hydrogen) atoms. The van der Waals surface area contributed by atoms with Crippen LogP contribution >= 0.6 is 11.6 Å². The van der Waals surface area contributed by atoms with Crippen molar-refractivity contribution in [3.63, 3.8) is 0 Å². The molecule has 5 heteroatoms. The molecule has 0 fully saturated rings. The van der Waals surface area contributed by atoms with E-state index in [0.29, 0.717) is 10.8 Å². The summed E-state index contributed by atoms with van der Waals surface area (Å²) in [5.41, 5.74) is 1.10. The molecule has 0 atom stereocenters. The molecule has 2 rings (SSSR count). The quantitative estimate of drug-likeness (QED) is 0.757. The van der Waals surface area contributed by atoms with Gasteiger partial charge in [0.1, 0.15) is 0 Å². The summed E-state index contributed by atoms with van der Waals surface area (Å²) in [5.74, 6) is 0.564. The van der Waals surface area contributed by atoms with Crippen LogP contribution in [0.1, 0.15) is 12.5 Å². The highest BCUT2D eigenvalue weighted by atomic mass is 35.5. The van der Waals surface area contributed by atoms with Gasteiger partial charge in [0.05, 0.1) is 17.4 Å². The summed E-state index contributed by atoms with van der Waals surface area (Å²) < 4.78 is 0. The smallest absolute Gasteiger partial charge is 0.193 e. The third-order valence-corrected chi connectivity index (χ3v) is 2.17. The van der Waals surface area contributed by atoms with E-state index >= 15 is 0 Å². The van der Waals surface area contributed by atoms with Crippen molar-refractivity contribution in [3.8, 4) is 5.82 Å². The highest BCUT2D eigenvalue weighted by Gasteiger charge is 2.05. The van der Waals surface area contributed by atoms with Crippen LogP contribution in [-0.4, -0.2) is 20.0 Å². The molecule has 0 bridgehead atoms. The normalized spacial score (nSPS) is 10.4. The molecule has 2 aromatic rings. The number of rotatable bonds is 2. The van der Waals surface area contributed by atoms with E-state index in [1.165, 1.54) is 4.80 Å². The summed E-state index contributed by atoms with van der Waals surface area (Å²) in [7, 11) is 0. The molecule has 0 saturated carbocycles. The molecule has 2 aromatic heterocycles. The first-order valence-electron chi connectivity index (χ1n) is 4.32. The second kappa shape index (κ2) is 3.75. The summed E-state index contributed by atoms with van der Waals surface area (Å²) in [6.45, 7) is 2.05. The van der Waals surface area contributed by atoms with Crippen molar-refractivity contribution in [2.24, 2.45) is 0 Å². The van der Waals surface area contributed by atoms with Crippen molar-refractivity contribution < 1.29 is 0 Å². The Balaban J connectivity index is 2.46. The predicted molar refractivity (Wildman–Crippen MR) is 53.5 cm³/mol. The van der Waals surface area contributed by atoms with Crippen LogP contribution in [0.4, 0.5) is 0 Å². The molecule has 0 N–H and O–H groups in total. The minimum Gasteiger partial charge on any atom is -0.234 e. The van der Waals surface area contributed by atoms with E-state index in [2.05, 4.69) is 22.1 Å². The summed E-state index contributed by atoms with van der Waals surface area (Å²) >= 11 is 6.04. The monoisotopic (exact) mass is 208 g/mol. The van der Waals surface area contributed by atoms with Gasteiger partial charge in [-0.3, -0.25) is 0 Å². The third kappa shape index (κ3) is 1.61. The first kappa shape index (κ1) is 9.15. The number of pyridine rings is 1. The molecule has 0 aliphatic heterocycles. The fraction of sp³-hybridized carbons (Fsp3) is 0.222. The molecule has 0 spiro atoms. The second-order valence-electron chi connectivity index (χ2n) is 2.82. The molecule has 0 amide bonds. The zero-order valence-corrected chi connectivity index (χ0v) is 8.44. The summed E-state index contributed by atoms with van der Waals surface area (Å²) in [6.07, 6.45) is 5.88. The first-order valence-corrected chi connectivity index (χ1v) is 4.70. The van der Waals surface area contributed by atoms with Crippen LogP contribution in [-0.2, 0) is 6.42 Å². The molecule has 72 valence electrons. The van der Waals surface area contributed by atoms with Gasteiger partial charge in [0.15, 0.2) is 5.82 Å². The van der Waals surface area contributed by atoms with E-state index in [9.17, 15) is 0 Å². The van der Waals surface area contributed by atoms with Crippen molar-refractivity contribution >= 4 is 11.6 Å². The van der Waals surface area contributed by atoms with Crippen molar-refractivity contribution in [2.45, 2.75) is 13.3 Å². The minimum atomic E-state index is 0.564. The average Bonchev–Trinajstić information content (AvgIpc) is 2.70. The Labute approximate surface area is 86.5 Å². The number of hydrogen-bond acceptors (Lipinski definition) is 3. The molecular formula is C9H9ClN4. The zero-order valence-electron chi connectivity index (χ0n) is 7.68. The maximum atomic E-state index is 6.04. The van der Waals surface area contributed by atoms with Gasteiger partial charge < -0.3 is 0 Å². The SMILES string of the molecule is CCc1cnc(-n2nccn2)c(Cl)c1. The Morgan fingerprint density at radius 3 is 2.64 bits per heavy atom. The topological polar surface area (TPSA) is 43.6 Å². The summed E-state index contributed by atoms with van der Waals surface area (Å²) in [6, 6.07) is 1.88. The lowest BCUT2D eigenvalue weighted by molar-refractivity contribution is 0.728. The Hall–Kier alpha value is -1.42. The lowest BCUT2D eigenvalue weighted by atomic mass is 10.2. The van der Waals surface area contributed by atoms with Crippen molar-refractivity contribution in [1.29, 1.82) is 0 Å². The van der Waals surface area contributed by atoms with Crippen molar-refractivity contribution in [1.82, 2.24) is 20.0 Å². The number of hydrogen-bond donors (Lipinski definition) is 0. The van der Waals surface area contributed by atoms with E-state index in [1.54, 1.807) is 18.6 Å². The molecule has 0 aromatic carbocycles. The number of aryl methyl sites for hydroxylation is 1. The zero-order chi connectivity index (χ0) is 9.97. The van der Waals surface area contributed by atoms with Crippen LogP contribution in [0.25, 0.3) is 5.82 Å². The lowest BCUT2D eigenvalue weighted by Gasteiger charge is -2.02. The van der Waals surface area contributed by atoms with Crippen LogP contribution in [0.3, 0.4) is 0 Å². The maximum absolute atomic E-state index is 6.04. The van der Waals surface area contributed by atoms with Gasteiger partial charge in [-0.05, 0) is 18.1 Å². The molecule has 4 nitrogen and oxygen atoms in total. The molecule has 0 aliphatic carbocycles. The van der Waals surface area contributed by atoms with Gasteiger partial charge in [-0.25, -0.2) is 4.98 Å². The van der Waals surface area contributed by atoms with Crippen LogP contribution < -0.4 is 0 Å². The fourth-order valence-electron chi connectivity index (χ4n) is 1.14. The fourth-order valence-corrected chi connectivity index (χ4v) is 1.40. The lowest BCUT2D eigenvalue weighted by Crippen LogP contribution is -2.02. The minimum absolute atomic E-state index is 0.564. The maximum Gasteiger partial charge on any atom is 0.193 e. The summed E-state index contributed by atoms with van der Waals surface area (Å²) in [5, 5.41) is 8.49. The van der Waals surface area contributed by atoms with E-state index in [4.69, 9.17) is 11.6 Å². The van der Waals surface area contributed by atoms with E-state index < -0.39 is 0 Å². The van der Waals surface area contributed by atoms with E-state index in [1.807, 2.05) is 6.07 Å². The molecule has 0 aliphatic rings. The van der Waals surface area contributed by atoms with Gasteiger partial charge in [0.2, 0.25) is 0 Å². The number of halogens is 1. The van der Waals surface area contributed by atoms with Gasteiger partial charge in [0, 0.05) is 6.20 Å². The molecule has 0 radical (unpaired) electrons. The molecular weight excluding hydrogens is 200 g/mol. The molecule has 0 saturated heterocycles. The van der Waals surface area contributed by atoms with Gasteiger partial charge >= 0.3 is 0 Å². The first-order chi connectivity index (χ1) is 6.81.